The minimum atomic E-state index is -3.78. The molecular weight excluding hydrogens is 482 g/mol. The normalized spacial score (nSPS) is 18.4. The lowest BCUT2D eigenvalue weighted by Crippen LogP contribution is -2.51. The van der Waals surface area contributed by atoms with E-state index in [2.05, 4.69) is 35.2 Å². The van der Waals surface area contributed by atoms with E-state index in [0.29, 0.717) is 18.5 Å². The predicted octanol–water partition coefficient (Wildman–Crippen LogP) is 1.13. The quantitative estimate of drug-likeness (QED) is 0.415. The van der Waals surface area contributed by atoms with Crippen LogP contribution in [0.5, 0.6) is 0 Å². The highest BCUT2D eigenvalue weighted by molar-refractivity contribution is 7.92. The molecule has 1 saturated heterocycles. The Morgan fingerprint density at radius 3 is 2.39 bits per heavy atom. The van der Waals surface area contributed by atoms with Crippen LogP contribution in [0.3, 0.4) is 0 Å². The Labute approximate surface area is 211 Å². The van der Waals surface area contributed by atoms with Crippen LogP contribution in [-0.4, -0.2) is 85.6 Å². The number of benzene rings is 2. The first-order chi connectivity index (χ1) is 17.1. The summed E-state index contributed by atoms with van der Waals surface area (Å²) in [5.74, 6) is -1.07. The van der Waals surface area contributed by atoms with Gasteiger partial charge in [0.1, 0.15) is 0 Å². The molecule has 36 heavy (non-hydrogen) atoms. The van der Waals surface area contributed by atoms with Crippen LogP contribution in [0.15, 0.2) is 42.5 Å². The Morgan fingerprint density at radius 2 is 1.75 bits per heavy atom. The minimum absolute atomic E-state index is 0.0769. The molecular formula is C26H34N3O6S+. The number of carbonyl (C=O) groups is 2. The Morgan fingerprint density at radius 1 is 1.08 bits per heavy atom. The van der Waals surface area contributed by atoms with Crippen molar-refractivity contribution in [2.45, 2.75) is 31.1 Å². The van der Waals surface area contributed by atoms with Crippen LogP contribution in [0.4, 0.5) is 0 Å². The number of hydroxylamine groups is 1. The topological polar surface area (TPSA) is 119 Å². The van der Waals surface area contributed by atoms with Crippen molar-refractivity contribution in [3.8, 4) is 11.1 Å². The molecule has 9 nitrogen and oxygen atoms in total. The summed E-state index contributed by atoms with van der Waals surface area (Å²) in [6.45, 7) is 6.21. The summed E-state index contributed by atoms with van der Waals surface area (Å²) < 4.78 is 28.1. The smallest absolute Gasteiger partial charge is 0.304 e. The third-order valence-electron chi connectivity index (χ3n) is 7.34. The van der Waals surface area contributed by atoms with Gasteiger partial charge in [-0.25, -0.2) is 8.42 Å². The second kappa shape index (κ2) is 10.7. The molecule has 2 heterocycles. The number of amides is 2. The molecule has 2 aliphatic rings. The van der Waals surface area contributed by atoms with Crippen LogP contribution in [0, 0.1) is 0 Å². The van der Waals surface area contributed by atoms with Crippen molar-refractivity contribution in [2.24, 2.45) is 0 Å². The molecule has 2 aliphatic heterocycles. The van der Waals surface area contributed by atoms with Crippen molar-refractivity contribution in [1.29, 1.82) is 0 Å². The lowest BCUT2D eigenvalue weighted by Gasteiger charge is -2.32. The molecule has 2 aromatic carbocycles. The first-order valence-corrected chi connectivity index (χ1v) is 14.0. The Kier molecular flexibility index (Phi) is 7.79. The minimum Gasteiger partial charge on any atom is -0.379 e. The zero-order valence-electron chi connectivity index (χ0n) is 20.7. The zero-order valence-corrected chi connectivity index (χ0v) is 21.6. The van der Waals surface area contributed by atoms with E-state index < -0.39 is 20.5 Å². The number of nitrogens with zero attached hydrogens (tertiary/aromatic N) is 2. The Balaban J connectivity index is 1.44. The lowest BCUT2D eigenvalue weighted by atomic mass is 9.93. The molecule has 0 unspecified atom stereocenters. The van der Waals surface area contributed by atoms with Gasteiger partial charge in [-0.1, -0.05) is 36.4 Å². The summed E-state index contributed by atoms with van der Waals surface area (Å²) >= 11 is 0. The number of nitrogens with one attached hydrogen (secondary N) is 1. The van der Waals surface area contributed by atoms with Gasteiger partial charge in [0.25, 0.3) is 5.91 Å². The zero-order chi connectivity index (χ0) is 25.9. The fourth-order valence-electron chi connectivity index (χ4n) is 4.70. The van der Waals surface area contributed by atoms with E-state index >= 15 is 0 Å². The SMILES string of the molecule is C[C@@](CCN1CCc2cc(-c3ccc(CN4CCOCC4)cc3)ccc2C1=O)(C(=O)N[OH2+])S(C)(=O)=O. The first kappa shape index (κ1) is 26.3. The number of hydrogen-bond acceptors (Lipinski definition) is 6. The molecule has 4 rings (SSSR count). The molecule has 1 fully saturated rings. The van der Waals surface area contributed by atoms with Gasteiger partial charge in [-0.2, -0.15) is 0 Å². The summed E-state index contributed by atoms with van der Waals surface area (Å²) in [7, 11) is -3.78. The van der Waals surface area contributed by atoms with Crippen molar-refractivity contribution in [3.63, 3.8) is 0 Å². The molecule has 0 bridgehead atoms. The van der Waals surface area contributed by atoms with E-state index in [1.165, 1.54) is 12.5 Å². The maximum atomic E-state index is 13.1. The summed E-state index contributed by atoms with van der Waals surface area (Å²) in [6, 6.07) is 14.3. The molecule has 0 aliphatic carbocycles. The monoisotopic (exact) mass is 516 g/mol. The average molecular weight is 517 g/mol. The van der Waals surface area contributed by atoms with Crippen molar-refractivity contribution in [2.75, 3.05) is 45.6 Å². The summed E-state index contributed by atoms with van der Waals surface area (Å²) in [6.07, 6.45) is 1.54. The van der Waals surface area contributed by atoms with Gasteiger partial charge < -0.3 is 14.8 Å². The fraction of sp³-hybridized carbons (Fsp3) is 0.462. The van der Waals surface area contributed by atoms with E-state index in [-0.39, 0.29) is 18.9 Å². The Bertz CT molecular complexity index is 1220. The van der Waals surface area contributed by atoms with E-state index in [1.807, 2.05) is 12.1 Å². The molecule has 2 aromatic rings. The van der Waals surface area contributed by atoms with Crippen LogP contribution in [0.2, 0.25) is 0 Å². The Hall–Kier alpha value is -2.79. The molecule has 0 aromatic heterocycles. The number of morpholine rings is 1. The molecule has 194 valence electrons. The number of hydrogen-bond donors (Lipinski definition) is 1. The maximum Gasteiger partial charge on any atom is 0.304 e. The van der Waals surface area contributed by atoms with Gasteiger partial charge >= 0.3 is 5.91 Å². The van der Waals surface area contributed by atoms with Crippen LogP contribution in [-0.2, 0) is 32.3 Å². The van der Waals surface area contributed by atoms with Gasteiger partial charge in [-0.15, -0.1) is 5.48 Å². The number of fused-ring (bicyclic) bond motifs is 1. The van der Waals surface area contributed by atoms with Gasteiger partial charge in [0, 0.05) is 44.5 Å². The van der Waals surface area contributed by atoms with Crippen molar-refractivity contribution in [3.05, 3.63) is 59.2 Å². The first-order valence-electron chi connectivity index (χ1n) is 12.1. The number of ether oxygens (including phenoxy) is 1. The molecule has 3 N–H and O–H groups in total. The van der Waals surface area contributed by atoms with Crippen molar-refractivity contribution in [1.82, 2.24) is 15.3 Å². The van der Waals surface area contributed by atoms with Crippen molar-refractivity contribution >= 4 is 21.7 Å². The van der Waals surface area contributed by atoms with Gasteiger partial charge in [0.2, 0.25) is 0 Å². The van der Waals surface area contributed by atoms with Crippen LogP contribution in [0.25, 0.3) is 11.1 Å². The highest BCUT2D eigenvalue weighted by atomic mass is 32.2. The molecule has 1 atom stereocenters. The summed E-state index contributed by atoms with van der Waals surface area (Å²) in [5, 5.41) is 7.11. The maximum absolute atomic E-state index is 13.1. The highest BCUT2D eigenvalue weighted by Crippen LogP contribution is 2.28. The predicted molar refractivity (Wildman–Crippen MR) is 137 cm³/mol. The molecule has 0 radical (unpaired) electrons. The van der Waals surface area contributed by atoms with E-state index in [0.717, 1.165) is 55.8 Å². The second-order valence-electron chi connectivity index (χ2n) is 9.71. The molecule has 0 saturated carbocycles. The van der Waals surface area contributed by atoms with Gasteiger partial charge in [-0.05, 0) is 48.1 Å². The standard InChI is InChI=1S/C26H33N3O6S/c1-26(25(31)27-32,36(2,33)34)10-12-29-11-9-22-17-21(7-8-23(22)24(29)30)20-5-3-19(4-6-20)18-28-13-15-35-16-14-28/h3-8,17,32H,9-16,18H2,1-2H3,(H,27,31)/p+1/t26-/m1/s1. The van der Waals surface area contributed by atoms with Crippen LogP contribution in [0.1, 0.15) is 34.8 Å². The van der Waals surface area contributed by atoms with Gasteiger partial charge in [-0.3, -0.25) is 14.5 Å². The molecule has 2 amide bonds. The van der Waals surface area contributed by atoms with Gasteiger partial charge in [0.15, 0.2) is 14.6 Å². The number of carbonyl (C=O) groups excluding carboxylic acids is 2. The average Bonchev–Trinajstić information content (AvgIpc) is 2.88. The highest BCUT2D eigenvalue weighted by Gasteiger charge is 2.45. The third-order valence-corrected chi connectivity index (χ3v) is 9.37. The van der Waals surface area contributed by atoms with E-state index in [1.54, 1.807) is 10.4 Å². The van der Waals surface area contributed by atoms with E-state index in [4.69, 9.17) is 9.94 Å². The van der Waals surface area contributed by atoms with Crippen molar-refractivity contribution < 1.29 is 28.0 Å². The molecule has 0 spiro atoms. The number of sulfone groups is 1. The second-order valence-corrected chi connectivity index (χ2v) is 12.2. The van der Waals surface area contributed by atoms with Gasteiger partial charge in [0.05, 0.1) is 13.2 Å². The fourth-order valence-corrected chi connectivity index (χ4v) is 5.55. The largest absolute Gasteiger partial charge is 0.379 e. The molecule has 10 heteroatoms. The van der Waals surface area contributed by atoms with Crippen LogP contribution < -0.4 is 5.48 Å². The lowest BCUT2D eigenvalue weighted by molar-refractivity contribution is -0.131. The number of rotatable bonds is 8. The third kappa shape index (κ3) is 5.46. The summed E-state index contributed by atoms with van der Waals surface area (Å²) in [4.78, 5) is 29.2. The van der Waals surface area contributed by atoms with E-state index in [9.17, 15) is 18.0 Å². The van der Waals surface area contributed by atoms with Crippen LogP contribution >= 0.6 is 0 Å². The summed E-state index contributed by atoms with van der Waals surface area (Å²) in [5.41, 5.74) is 6.64.